The molecule has 0 fully saturated rings. The molecule has 0 heterocycles. The summed E-state index contributed by atoms with van der Waals surface area (Å²) in [5.41, 5.74) is 0. The molecule has 64 valence electrons. The average molecular weight is 153 g/mol. The fraction of sp³-hybridized carbons (Fsp3) is 0.900. The first-order valence-electron chi connectivity index (χ1n) is 4.68. The van der Waals surface area contributed by atoms with Gasteiger partial charge in [-0.05, 0) is 12.3 Å². The van der Waals surface area contributed by atoms with E-state index in [-0.39, 0.29) is 0 Å². The second kappa shape index (κ2) is 7.60. The van der Waals surface area contributed by atoms with Crippen LogP contribution in [0.5, 0.6) is 0 Å². The van der Waals surface area contributed by atoms with E-state index >= 15 is 0 Å². The molecule has 1 heteroatoms. The molecule has 0 unspecified atom stereocenters. The minimum absolute atomic E-state index is 0.737. The highest BCUT2D eigenvalue weighted by atomic mass is 14.2. The van der Waals surface area contributed by atoms with Crippen molar-refractivity contribution in [1.82, 2.24) is 0 Å². The third-order valence-corrected chi connectivity index (χ3v) is 2.18. The molecule has 0 saturated carbocycles. The fourth-order valence-corrected chi connectivity index (χ4v) is 1.08. The van der Waals surface area contributed by atoms with E-state index in [9.17, 15) is 0 Å². The normalized spacial score (nSPS) is 12.5. The van der Waals surface area contributed by atoms with Crippen LogP contribution < -0.4 is 0 Å². The van der Waals surface area contributed by atoms with Crippen LogP contribution in [-0.4, -0.2) is 0 Å². The number of hydrogen-bond donors (Lipinski definition) is 0. The van der Waals surface area contributed by atoms with Gasteiger partial charge >= 0.3 is 0 Å². The Morgan fingerprint density at radius 3 is 2.55 bits per heavy atom. The lowest BCUT2D eigenvalue weighted by atomic mass is 10.0. The molecular formula is C10H19N. The van der Waals surface area contributed by atoms with Crippen LogP contribution in [-0.2, 0) is 0 Å². The highest BCUT2D eigenvalue weighted by molar-refractivity contribution is 4.67. The van der Waals surface area contributed by atoms with E-state index < -0.39 is 0 Å². The van der Waals surface area contributed by atoms with Crippen molar-refractivity contribution < 1.29 is 0 Å². The third-order valence-electron chi connectivity index (χ3n) is 2.18. The first-order chi connectivity index (χ1) is 5.31. The van der Waals surface area contributed by atoms with Gasteiger partial charge in [0.25, 0.3) is 0 Å². The van der Waals surface area contributed by atoms with Crippen molar-refractivity contribution in [2.45, 2.75) is 52.4 Å². The van der Waals surface area contributed by atoms with Gasteiger partial charge in [-0.25, -0.2) is 0 Å². The van der Waals surface area contributed by atoms with Crippen molar-refractivity contribution >= 4 is 0 Å². The molecule has 0 amide bonds. The molecule has 11 heavy (non-hydrogen) atoms. The summed E-state index contributed by atoms with van der Waals surface area (Å²) in [6.07, 6.45) is 6.99. The Labute approximate surface area is 70.4 Å². The van der Waals surface area contributed by atoms with Gasteiger partial charge in [-0.15, -0.1) is 0 Å². The molecule has 1 nitrogen and oxygen atoms in total. The molecule has 0 bridgehead atoms. The van der Waals surface area contributed by atoms with Gasteiger partial charge < -0.3 is 0 Å². The number of nitriles is 1. The van der Waals surface area contributed by atoms with Gasteiger partial charge in [-0.3, -0.25) is 0 Å². The average Bonchev–Trinajstić information content (AvgIpc) is 2.04. The summed E-state index contributed by atoms with van der Waals surface area (Å²) >= 11 is 0. The molecule has 0 rings (SSSR count). The molecule has 0 aliphatic heterocycles. The van der Waals surface area contributed by atoms with E-state index in [1.54, 1.807) is 0 Å². The fourth-order valence-electron chi connectivity index (χ4n) is 1.08. The molecule has 0 aromatic carbocycles. The first-order valence-corrected chi connectivity index (χ1v) is 4.68. The van der Waals surface area contributed by atoms with Gasteiger partial charge in [-0.1, -0.05) is 39.5 Å². The predicted octanol–water partition coefficient (Wildman–Crippen LogP) is 3.51. The van der Waals surface area contributed by atoms with Gasteiger partial charge in [0, 0.05) is 6.42 Å². The van der Waals surface area contributed by atoms with E-state index in [0.29, 0.717) is 0 Å². The summed E-state index contributed by atoms with van der Waals surface area (Å²) < 4.78 is 0. The molecule has 0 aromatic heterocycles. The van der Waals surface area contributed by atoms with E-state index in [1.807, 2.05) is 0 Å². The molecule has 0 aliphatic rings. The van der Waals surface area contributed by atoms with E-state index in [4.69, 9.17) is 5.26 Å². The standard InChI is InChI=1S/C10H19N/c1-3-10(2)8-6-4-5-7-9-11/h10H,3-8H2,1-2H3/t10-/m1/s1. The maximum Gasteiger partial charge on any atom is 0.0621 e. The zero-order valence-corrected chi connectivity index (χ0v) is 7.77. The summed E-state index contributed by atoms with van der Waals surface area (Å²) in [6.45, 7) is 4.53. The lowest BCUT2D eigenvalue weighted by Gasteiger charge is -2.05. The summed E-state index contributed by atoms with van der Waals surface area (Å²) in [6, 6.07) is 2.17. The Kier molecular flexibility index (Phi) is 7.24. The number of rotatable bonds is 6. The summed E-state index contributed by atoms with van der Waals surface area (Å²) in [4.78, 5) is 0. The van der Waals surface area contributed by atoms with Crippen LogP contribution in [0.25, 0.3) is 0 Å². The summed E-state index contributed by atoms with van der Waals surface area (Å²) in [5.74, 6) is 0.872. The maximum atomic E-state index is 8.27. The van der Waals surface area contributed by atoms with Gasteiger partial charge in [-0.2, -0.15) is 5.26 Å². The predicted molar refractivity (Wildman–Crippen MR) is 48.2 cm³/mol. The molecular weight excluding hydrogens is 134 g/mol. The SMILES string of the molecule is CC[C@@H](C)CCCCCC#N. The van der Waals surface area contributed by atoms with Gasteiger partial charge in [0.2, 0.25) is 0 Å². The Morgan fingerprint density at radius 1 is 1.27 bits per heavy atom. The van der Waals surface area contributed by atoms with Crippen molar-refractivity contribution in [3.63, 3.8) is 0 Å². The summed E-state index contributed by atoms with van der Waals surface area (Å²) in [5, 5.41) is 8.27. The molecule has 0 radical (unpaired) electrons. The Bertz CT molecular complexity index is 113. The zero-order valence-electron chi connectivity index (χ0n) is 7.77. The van der Waals surface area contributed by atoms with Crippen molar-refractivity contribution in [2.24, 2.45) is 5.92 Å². The van der Waals surface area contributed by atoms with Crippen LogP contribution in [0, 0.1) is 17.2 Å². The Hall–Kier alpha value is -0.510. The Balaban J connectivity index is 2.97. The van der Waals surface area contributed by atoms with Crippen molar-refractivity contribution in [3.8, 4) is 6.07 Å². The van der Waals surface area contributed by atoms with E-state index in [1.165, 1.54) is 25.7 Å². The first kappa shape index (κ1) is 10.5. The van der Waals surface area contributed by atoms with Crippen molar-refractivity contribution in [2.75, 3.05) is 0 Å². The van der Waals surface area contributed by atoms with Crippen LogP contribution in [0.4, 0.5) is 0 Å². The minimum atomic E-state index is 0.737. The molecule has 0 aromatic rings. The smallest absolute Gasteiger partial charge is 0.0621 e. The lowest BCUT2D eigenvalue weighted by Crippen LogP contribution is -1.91. The van der Waals surface area contributed by atoms with Crippen molar-refractivity contribution in [1.29, 1.82) is 5.26 Å². The topological polar surface area (TPSA) is 23.8 Å². The molecule has 0 spiro atoms. The molecule has 0 saturated heterocycles. The largest absolute Gasteiger partial charge is 0.198 e. The second-order valence-corrected chi connectivity index (χ2v) is 3.27. The third kappa shape index (κ3) is 7.39. The number of unbranched alkanes of at least 4 members (excludes halogenated alkanes) is 3. The minimum Gasteiger partial charge on any atom is -0.198 e. The number of hydrogen-bond acceptors (Lipinski definition) is 1. The highest BCUT2D eigenvalue weighted by Gasteiger charge is 1.97. The maximum absolute atomic E-state index is 8.27. The summed E-state index contributed by atoms with van der Waals surface area (Å²) in [7, 11) is 0. The van der Waals surface area contributed by atoms with Crippen molar-refractivity contribution in [3.05, 3.63) is 0 Å². The number of nitrogens with zero attached hydrogens (tertiary/aromatic N) is 1. The quantitative estimate of drug-likeness (QED) is 0.536. The van der Waals surface area contributed by atoms with Crippen LogP contribution in [0.3, 0.4) is 0 Å². The Morgan fingerprint density at radius 2 is 2.00 bits per heavy atom. The van der Waals surface area contributed by atoms with Crippen LogP contribution in [0.1, 0.15) is 52.4 Å². The molecule has 0 N–H and O–H groups in total. The van der Waals surface area contributed by atoms with Crippen LogP contribution >= 0.6 is 0 Å². The lowest BCUT2D eigenvalue weighted by molar-refractivity contribution is 0.479. The van der Waals surface area contributed by atoms with Gasteiger partial charge in [0.15, 0.2) is 0 Å². The van der Waals surface area contributed by atoms with Gasteiger partial charge in [0.1, 0.15) is 0 Å². The zero-order chi connectivity index (χ0) is 8.53. The van der Waals surface area contributed by atoms with Crippen LogP contribution in [0.2, 0.25) is 0 Å². The monoisotopic (exact) mass is 153 g/mol. The van der Waals surface area contributed by atoms with Gasteiger partial charge in [0.05, 0.1) is 6.07 Å². The van der Waals surface area contributed by atoms with E-state index in [0.717, 1.165) is 18.8 Å². The highest BCUT2D eigenvalue weighted by Crippen LogP contribution is 2.12. The second-order valence-electron chi connectivity index (χ2n) is 3.27. The van der Waals surface area contributed by atoms with E-state index in [2.05, 4.69) is 19.9 Å². The van der Waals surface area contributed by atoms with Crippen LogP contribution in [0.15, 0.2) is 0 Å². The molecule has 0 aliphatic carbocycles. The molecule has 1 atom stereocenters.